The fraction of sp³-hybridized carbons (Fsp3) is 0.111. The molecule has 11 heavy (non-hydrogen) atoms. The molecule has 0 fully saturated rings. The highest BCUT2D eigenvalue weighted by Gasteiger charge is 1.97. The standard InChI is InChI=1S/C9H8S2/c1-6-2-3-7-5-9(10)11-8(7)4-6/h2-5,10H,1H3. The van der Waals surface area contributed by atoms with E-state index in [9.17, 15) is 0 Å². The third-order valence-electron chi connectivity index (χ3n) is 1.66. The summed E-state index contributed by atoms with van der Waals surface area (Å²) in [6.07, 6.45) is 0. The summed E-state index contributed by atoms with van der Waals surface area (Å²) in [6, 6.07) is 8.56. The molecule has 0 radical (unpaired) electrons. The van der Waals surface area contributed by atoms with Crippen LogP contribution in [0.4, 0.5) is 0 Å². The van der Waals surface area contributed by atoms with Crippen molar-refractivity contribution in [2.24, 2.45) is 0 Å². The van der Waals surface area contributed by atoms with Crippen LogP contribution in [0.1, 0.15) is 5.56 Å². The number of hydrogen-bond donors (Lipinski definition) is 1. The Morgan fingerprint density at radius 1 is 1.27 bits per heavy atom. The Kier molecular flexibility index (Phi) is 1.66. The van der Waals surface area contributed by atoms with E-state index < -0.39 is 0 Å². The molecule has 2 heteroatoms. The summed E-state index contributed by atoms with van der Waals surface area (Å²) >= 11 is 6.03. The molecule has 0 aliphatic rings. The lowest BCUT2D eigenvalue weighted by molar-refractivity contribution is 1.52. The van der Waals surface area contributed by atoms with E-state index in [0.717, 1.165) is 4.21 Å². The molecule has 0 spiro atoms. The molecular weight excluding hydrogens is 172 g/mol. The molecule has 0 unspecified atom stereocenters. The maximum atomic E-state index is 4.30. The smallest absolute Gasteiger partial charge is 0.0580 e. The lowest BCUT2D eigenvalue weighted by Gasteiger charge is -1.89. The maximum Gasteiger partial charge on any atom is 0.0580 e. The lowest BCUT2D eigenvalue weighted by atomic mass is 10.2. The van der Waals surface area contributed by atoms with E-state index in [-0.39, 0.29) is 0 Å². The van der Waals surface area contributed by atoms with Crippen LogP contribution >= 0.6 is 24.0 Å². The van der Waals surface area contributed by atoms with Crippen LogP contribution in [-0.2, 0) is 0 Å². The van der Waals surface area contributed by atoms with Crippen molar-refractivity contribution in [2.45, 2.75) is 11.1 Å². The number of hydrogen-bond acceptors (Lipinski definition) is 2. The first-order chi connectivity index (χ1) is 5.25. The van der Waals surface area contributed by atoms with Gasteiger partial charge in [-0.3, -0.25) is 0 Å². The largest absolute Gasteiger partial charge is 0.133 e. The molecule has 0 saturated carbocycles. The molecule has 0 saturated heterocycles. The number of aryl methyl sites for hydroxylation is 1. The van der Waals surface area contributed by atoms with Crippen LogP contribution < -0.4 is 0 Å². The second-order valence-electron chi connectivity index (χ2n) is 2.63. The van der Waals surface area contributed by atoms with Gasteiger partial charge in [0.2, 0.25) is 0 Å². The van der Waals surface area contributed by atoms with Crippen LogP contribution in [0.25, 0.3) is 10.1 Å². The first-order valence-electron chi connectivity index (χ1n) is 3.45. The summed E-state index contributed by atoms with van der Waals surface area (Å²) in [5.74, 6) is 0. The van der Waals surface area contributed by atoms with Crippen molar-refractivity contribution >= 4 is 34.1 Å². The van der Waals surface area contributed by atoms with E-state index in [1.165, 1.54) is 15.6 Å². The molecule has 1 aromatic heterocycles. The van der Waals surface area contributed by atoms with Gasteiger partial charge in [0.15, 0.2) is 0 Å². The number of benzene rings is 1. The third kappa shape index (κ3) is 1.28. The van der Waals surface area contributed by atoms with Crippen molar-refractivity contribution < 1.29 is 0 Å². The van der Waals surface area contributed by atoms with Gasteiger partial charge in [0, 0.05) is 4.70 Å². The van der Waals surface area contributed by atoms with Gasteiger partial charge in [-0.2, -0.15) is 0 Å². The minimum Gasteiger partial charge on any atom is -0.133 e. The zero-order chi connectivity index (χ0) is 7.84. The van der Waals surface area contributed by atoms with Crippen molar-refractivity contribution in [2.75, 3.05) is 0 Å². The first-order valence-corrected chi connectivity index (χ1v) is 4.71. The number of thiophene rings is 1. The van der Waals surface area contributed by atoms with Crippen LogP contribution in [0.5, 0.6) is 0 Å². The van der Waals surface area contributed by atoms with E-state index in [1.54, 1.807) is 11.3 Å². The highest BCUT2D eigenvalue weighted by molar-refractivity contribution is 7.83. The second kappa shape index (κ2) is 2.54. The van der Waals surface area contributed by atoms with Gasteiger partial charge in [0.1, 0.15) is 0 Å². The van der Waals surface area contributed by atoms with Crippen molar-refractivity contribution in [3.63, 3.8) is 0 Å². The van der Waals surface area contributed by atoms with Gasteiger partial charge >= 0.3 is 0 Å². The van der Waals surface area contributed by atoms with Crippen molar-refractivity contribution in [3.8, 4) is 0 Å². The monoisotopic (exact) mass is 180 g/mol. The molecule has 1 aromatic carbocycles. The summed E-state index contributed by atoms with van der Waals surface area (Å²) in [4.78, 5) is 0. The average Bonchev–Trinajstić information content (AvgIpc) is 2.27. The Labute approximate surface area is 75.3 Å². The highest BCUT2D eigenvalue weighted by atomic mass is 32.2. The van der Waals surface area contributed by atoms with Gasteiger partial charge in [-0.15, -0.1) is 24.0 Å². The normalized spacial score (nSPS) is 10.7. The van der Waals surface area contributed by atoms with E-state index >= 15 is 0 Å². The molecule has 0 atom stereocenters. The minimum atomic E-state index is 1.09. The first kappa shape index (κ1) is 7.19. The molecule has 0 bridgehead atoms. The van der Waals surface area contributed by atoms with Gasteiger partial charge in [-0.25, -0.2) is 0 Å². The van der Waals surface area contributed by atoms with Gasteiger partial charge < -0.3 is 0 Å². The Balaban J connectivity index is 2.82. The molecule has 0 nitrogen and oxygen atoms in total. The van der Waals surface area contributed by atoms with Crippen LogP contribution in [0.2, 0.25) is 0 Å². The minimum absolute atomic E-state index is 1.09. The van der Waals surface area contributed by atoms with Crippen molar-refractivity contribution in [1.29, 1.82) is 0 Å². The second-order valence-corrected chi connectivity index (χ2v) is 4.49. The zero-order valence-electron chi connectivity index (χ0n) is 6.16. The van der Waals surface area contributed by atoms with Crippen LogP contribution in [-0.4, -0.2) is 0 Å². The van der Waals surface area contributed by atoms with Crippen molar-refractivity contribution in [1.82, 2.24) is 0 Å². The van der Waals surface area contributed by atoms with Crippen LogP contribution in [0, 0.1) is 6.92 Å². The SMILES string of the molecule is Cc1ccc2cc(S)sc2c1. The zero-order valence-corrected chi connectivity index (χ0v) is 7.88. The maximum absolute atomic E-state index is 4.30. The van der Waals surface area contributed by atoms with Gasteiger partial charge in [0.05, 0.1) is 4.21 Å². The molecule has 0 N–H and O–H groups in total. The summed E-state index contributed by atoms with van der Waals surface area (Å²) in [7, 11) is 0. The average molecular weight is 180 g/mol. The number of fused-ring (bicyclic) bond motifs is 1. The van der Waals surface area contributed by atoms with E-state index in [0.29, 0.717) is 0 Å². The Bertz CT molecular complexity index is 387. The number of rotatable bonds is 0. The Morgan fingerprint density at radius 3 is 2.91 bits per heavy atom. The van der Waals surface area contributed by atoms with E-state index in [4.69, 9.17) is 0 Å². The quantitative estimate of drug-likeness (QED) is 0.589. The molecule has 1 heterocycles. The number of thiol groups is 1. The van der Waals surface area contributed by atoms with E-state index in [1.807, 2.05) is 0 Å². The topological polar surface area (TPSA) is 0 Å². The molecule has 0 aliphatic carbocycles. The predicted molar refractivity (Wildman–Crippen MR) is 53.8 cm³/mol. The van der Waals surface area contributed by atoms with Gasteiger partial charge in [-0.05, 0) is 30.0 Å². The lowest BCUT2D eigenvalue weighted by Crippen LogP contribution is -1.66. The summed E-state index contributed by atoms with van der Waals surface area (Å²) in [6.45, 7) is 2.11. The fourth-order valence-electron chi connectivity index (χ4n) is 1.12. The Morgan fingerprint density at radius 2 is 2.09 bits per heavy atom. The van der Waals surface area contributed by atoms with Gasteiger partial charge in [0.25, 0.3) is 0 Å². The summed E-state index contributed by atoms with van der Waals surface area (Å²) in [5, 5.41) is 1.30. The van der Waals surface area contributed by atoms with E-state index in [2.05, 4.69) is 43.8 Å². The highest BCUT2D eigenvalue weighted by Crippen LogP contribution is 2.28. The molecule has 0 aliphatic heterocycles. The molecule has 2 rings (SSSR count). The van der Waals surface area contributed by atoms with Crippen LogP contribution in [0.3, 0.4) is 0 Å². The van der Waals surface area contributed by atoms with Gasteiger partial charge in [-0.1, -0.05) is 12.1 Å². The van der Waals surface area contributed by atoms with Crippen LogP contribution in [0.15, 0.2) is 28.5 Å². The molecule has 56 valence electrons. The fourth-order valence-corrected chi connectivity index (χ4v) is 2.46. The third-order valence-corrected chi connectivity index (χ3v) is 2.97. The summed E-state index contributed by atoms with van der Waals surface area (Å²) in [5.41, 5.74) is 1.31. The van der Waals surface area contributed by atoms with Crippen molar-refractivity contribution in [3.05, 3.63) is 29.8 Å². The molecular formula is C9H8S2. The molecule has 0 amide bonds. The molecule has 2 aromatic rings. The Hall–Kier alpha value is -0.470. The summed E-state index contributed by atoms with van der Waals surface area (Å²) < 4.78 is 2.42. The predicted octanol–water partition coefficient (Wildman–Crippen LogP) is 3.50.